The summed E-state index contributed by atoms with van der Waals surface area (Å²) >= 11 is 0. The second-order valence-corrected chi connectivity index (χ2v) is 12.4. The van der Waals surface area contributed by atoms with Crippen LogP contribution in [0.2, 0.25) is 0 Å². The smallest absolute Gasteiger partial charge is 0.305 e. The zero-order chi connectivity index (χ0) is 43.0. The molecule has 17 N–H and O–H groups in total. The lowest BCUT2D eigenvalue weighted by atomic mass is 10.0. The number of nitrogens with one attached hydrogen (secondary N) is 11. The van der Waals surface area contributed by atoms with Gasteiger partial charge in [-0.2, -0.15) is 0 Å². The summed E-state index contributed by atoms with van der Waals surface area (Å²) < 4.78 is 0. The first-order valence-electron chi connectivity index (χ1n) is 17.3. The van der Waals surface area contributed by atoms with Crippen molar-refractivity contribution in [3.8, 4) is 0 Å². The van der Waals surface area contributed by atoms with Gasteiger partial charge in [0.15, 0.2) is 30.6 Å². The number of hydrogen-bond donors (Lipinski definition) is 15. The van der Waals surface area contributed by atoms with Crippen LogP contribution in [0.5, 0.6) is 0 Å². The van der Waals surface area contributed by atoms with Crippen LogP contribution in [0.3, 0.4) is 0 Å². The summed E-state index contributed by atoms with van der Waals surface area (Å²) in [7, 11) is 1.42. The third kappa shape index (κ3) is 19.2. The molecular formula is C31H55N13O12. The lowest BCUT2D eigenvalue weighted by molar-refractivity contribution is -0.139. The van der Waals surface area contributed by atoms with E-state index in [0.717, 1.165) is 0 Å². The largest absolute Gasteiger partial charge is 0.481 e. The Hall–Kier alpha value is -5.47. The highest BCUT2D eigenvalue weighted by Crippen LogP contribution is 2.06. The molecule has 0 rings (SSSR count). The highest BCUT2D eigenvalue weighted by atomic mass is 16.4. The molecule has 0 aromatic rings. The van der Waals surface area contributed by atoms with E-state index in [0.29, 0.717) is 19.0 Å². The van der Waals surface area contributed by atoms with E-state index in [1.54, 1.807) is 13.8 Å². The predicted octanol–water partition coefficient (Wildman–Crippen LogP) is -7.75. The van der Waals surface area contributed by atoms with Crippen LogP contribution in [-0.2, 0) is 47.9 Å². The topological polar surface area (TPSA) is 407 Å². The number of likely N-dealkylation sites (N-methyl/N-ethyl adjacent to an activating group) is 1. The van der Waals surface area contributed by atoms with Gasteiger partial charge in [0.1, 0.15) is 25.1 Å². The Labute approximate surface area is 322 Å². The predicted molar refractivity (Wildman–Crippen MR) is 195 cm³/mol. The monoisotopic (exact) mass is 801 g/mol. The average Bonchev–Trinajstić information content (AvgIpc) is 3.16. The van der Waals surface area contributed by atoms with Crippen LogP contribution in [0.25, 0.3) is 0 Å². The number of primary amides is 1. The van der Waals surface area contributed by atoms with Gasteiger partial charge in [-0.1, -0.05) is 20.3 Å². The highest BCUT2D eigenvalue weighted by Gasteiger charge is 2.35. The van der Waals surface area contributed by atoms with Crippen LogP contribution >= 0.6 is 0 Å². The van der Waals surface area contributed by atoms with Gasteiger partial charge in [0.05, 0.1) is 43.2 Å². The quantitative estimate of drug-likeness (QED) is 0.0102. The van der Waals surface area contributed by atoms with Gasteiger partial charge in [-0.25, -0.2) is 0 Å². The van der Waals surface area contributed by atoms with Crippen molar-refractivity contribution >= 4 is 66.6 Å². The van der Waals surface area contributed by atoms with E-state index < -0.39 is 103 Å². The molecule has 0 aliphatic rings. The van der Waals surface area contributed by atoms with Crippen LogP contribution in [0, 0.1) is 11.3 Å². The van der Waals surface area contributed by atoms with Gasteiger partial charge in [-0.15, -0.1) is 0 Å². The molecule has 0 aromatic carbocycles. The molecule has 0 unspecified atom stereocenters. The minimum Gasteiger partial charge on any atom is -0.481 e. The number of rotatable bonds is 31. The maximum absolute atomic E-state index is 13.9. The van der Waals surface area contributed by atoms with Crippen LogP contribution in [0.4, 0.5) is 0 Å². The van der Waals surface area contributed by atoms with E-state index in [4.69, 9.17) is 16.9 Å². The van der Waals surface area contributed by atoms with Crippen molar-refractivity contribution in [1.82, 2.24) is 53.2 Å². The Morgan fingerprint density at radius 2 is 1.16 bits per heavy atom. The average molecular weight is 802 g/mol. The molecule has 0 heterocycles. The van der Waals surface area contributed by atoms with Crippen molar-refractivity contribution in [3.05, 3.63) is 0 Å². The number of carboxylic acid groups (broad SMARTS) is 1. The lowest BCUT2D eigenvalue weighted by Gasteiger charge is -2.30. The number of aliphatic hydroxyl groups is 1. The van der Waals surface area contributed by atoms with Gasteiger partial charge in [-0.3, -0.25) is 55.4 Å². The maximum Gasteiger partial charge on any atom is 0.305 e. The van der Waals surface area contributed by atoms with E-state index in [1.165, 1.54) is 14.0 Å². The molecule has 56 heavy (non-hydrogen) atoms. The van der Waals surface area contributed by atoms with Gasteiger partial charge >= 0.3 is 5.97 Å². The first-order chi connectivity index (χ1) is 26.4. The number of carbonyl (C=O) groups is 10. The molecule has 0 fully saturated rings. The van der Waals surface area contributed by atoms with Crippen molar-refractivity contribution in [2.45, 2.75) is 101 Å². The molecule has 0 saturated heterocycles. The molecule has 0 spiro atoms. The third-order valence-corrected chi connectivity index (χ3v) is 8.04. The molecule has 0 aliphatic carbocycles. The normalized spacial score (nSPS) is 16.3. The number of nitrogens with two attached hydrogens (primary N) is 2. The zero-order valence-corrected chi connectivity index (χ0v) is 31.5. The third-order valence-electron chi connectivity index (χ3n) is 8.04. The second kappa shape index (κ2) is 27.2. The number of hydrogen-bond acceptors (Lipinski definition) is 17. The molecule has 316 valence electrons. The minimum absolute atomic E-state index is 0.0344. The molecule has 0 radical (unpaired) electrons. The minimum atomic E-state index is -2.00. The highest BCUT2D eigenvalue weighted by molar-refractivity contribution is 5.96. The molecule has 0 saturated carbocycles. The molecule has 5 amide bonds. The first kappa shape index (κ1) is 50.5. The Kier molecular flexibility index (Phi) is 24.5. The van der Waals surface area contributed by atoms with Crippen LogP contribution in [0.1, 0.15) is 46.5 Å². The van der Waals surface area contributed by atoms with Crippen molar-refractivity contribution in [1.29, 1.82) is 5.41 Å². The Morgan fingerprint density at radius 1 is 0.696 bits per heavy atom. The number of amides is 5. The molecule has 25 heteroatoms. The van der Waals surface area contributed by atoms with Crippen molar-refractivity contribution in [3.63, 3.8) is 0 Å². The standard InChI is InChI=1S/C31H55N13O12/c1-5-15(2)20(14-49)40-23(22(32)52)41-28(54)26(39-19(12-47)13-48)44-29(55)24(37-17(10-45)7-6-8-36-31(33)34)43-30(56)25(42-27(53)16(3)35-4)38-18(11-46)9-21(50)51/h10-12,14-20,23-26,35,37-40,48H,5-9,13H2,1-4H3,(H2,32,52)(H,41,54)(H,42,53)(H,43,56)(H,44,55)(H,50,51)(H4,33,34,36)/t15-,16+,17-,18-,19+,20+,23-,24-,25-,26-/m1/s1. The van der Waals surface area contributed by atoms with Gasteiger partial charge in [0.2, 0.25) is 5.91 Å². The lowest BCUT2D eigenvalue weighted by Crippen LogP contribution is -2.69. The fourth-order valence-corrected chi connectivity index (χ4v) is 4.45. The van der Waals surface area contributed by atoms with E-state index in [-0.39, 0.29) is 43.8 Å². The van der Waals surface area contributed by atoms with Gasteiger partial charge < -0.3 is 72.8 Å². The summed E-state index contributed by atoms with van der Waals surface area (Å²) in [5, 5.41) is 50.0. The van der Waals surface area contributed by atoms with E-state index in [1.807, 2.05) is 0 Å². The number of aliphatic hydroxyl groups excluding tert-OH is 1. The van der Waals surface area contributed by atoms with Crippen molar-refractivity contribution in [2.24, 2.45) is 17.4 Å². The maximum atomic E-state index is 13.9. The van der Waals surface area contributed by atoms with E-state index in [2.05, 4.69) is 53.2 Å². The van der Waals surface area contributed by atoms with Crippen LogP contribution < -0.4 is 64.6 Å². The van der Waals surface area contributed by atoms with Crippen LogP contribution in [0.15, 0.2) is 0 Å². The summed E-state index contributed by atoms with van der Waals surface area (Å²) in [5.41, 5.74) is 10.7. The molecular weight excluding hydrogens is 746 g/mol. The summed E-state index contributed by atoms with van der Waals surface area (Å²) in [6.45, 7) is 4.07. The summed E-state index contributed by atoms with van der Waals surface area (Å²) in [6, 6.07) is -6.16. The summed E-state index contributed by atoms with van der Waals surface area (Å²) in [5.74, 6) is -7.91. The number of aliphatic carboxylic acids is 1. The van der Waals surface area contributed by atoms with Crippen LogP contribution in [-0.4, -0.2) is 152 Å². The SMILES string of the molecule is CC[C@@H](C)[C@H](C=O)N[C@H](NC(=O)[C@@H](NC(=O)[C@@H](NC(=O)[C@@H](NC(=O)[C@H](C)NC)N[C@@H](C=O)CC(=O)O)N[C@@H](C=O)CCCNC(=N)N)N[C@@H](C=O)CO)C(N)=O. The number of carbonyl (C=O) groups excluding carboxylic acids is 9. The summed E-state index contributed by atoms with van der Waals surface area (Å²) in [4.78, 5) is 124. The number of guanidine groups is 1. The molecule has 25 nitrogen and oxygen atoms in total. The fraction of sp³-hybridized carbons (Fsp3) is 0.645. The van der Waals surface area contributed by atoms with Gasteiger partial charge in [0.25, 0.3) is 23.6 Å². The molecule has 10 atom stereocenters. The fourth-order valence-electron chi connectivity index (χ4n) is 4.45. The van der Waals surface area contributed by atoms with E-state index >= 15 is 0 Å². The Balaban J connectivity index is 6.86. The van der Waals surface area contributed by atoms with Gasteiger partial charge in [-0.05, 0) is 32.7 Å². The Bertz CT molecular complexity index is 1370. The van der Waals surface area contributed by atoms with Crippen molar-refractivity contribution in [2.75, 3.05) is 20.2 Å². The number of aldehydes is 4. The van der Waals surface area contributed by atoms with Crippen molar-refractivity contribution < 1.29 is 58.2 Å². The van der Waals surface area contributed by atoms with E-state index in [9.17, 15) is 58.2 Å². The zero-order valence-electron chi connectivity index (χ0n) is 31.5. The molecule has 0 aliphatic heterocycles. The molecule has 0 bridgehead atoms. The summed E-state index contributed by atoms with van der Waals surface area (Å²) in [6.07, 6.45) is -6.59. The Morgan fingerprint density at radius 3 is 1.55 bits per heavy atom. The number of carboxylic acids is 1. The first-order valence-corrected chi connectivity index (χ1v) is 17.3. The molecule has 0 aromatic heterocycles. The van der Waals surface area contributed by atoms with Gasteiger partial charge in [0, 0.05) is 6.54 Å². The second-order valence-electron chi connectivity index (χ2n) is 12.4.